The fourth-order valence-corrected chi connectivity index (χ4v) is 1.91. The van der Waals surface area contributed by atoms with E-state index >= 15 is 0 Å². The average Bonchev–Trinajstić information content (AvgIpc) is 2.36. The van der Waals surface area contributed by atoms with E-state index in [-0.39, 0.29) is 18.0 Å². The minimum Gasteiger partial charge on any atom is -0.349 e. The Balaban J connectivity index is 2.67. The van der Waals surface area contributed by atoms with E-state index in [1.807, 2.05) is 37.3 Å². The van der Waals surface area contributed by atoms with Crippen LogP contribution in [0.1, 0.15) is 45.2 Å². The summed E-state index contributed by atoms with van der Waals surface area (Å²) in [5.74, 6) is 0.390. The van der Waals surface area contributed by atoms with Crippen LogP contribution in [0.15, 0.2) is 30.3 Å². The number of hydrogen-bond donors (Lipinski definition) is 2. The van der Waals surface area contributed by atoms with Crippen molar-refractivity contribution in [2.45, 2.75) is 45.7 Å². The summed E-state index contributed by atoms with van der Waals surface area (Å²) in [6.07, 6.45) is 1.22. The summed E-state index contributed by atoms with van der Waals surface area (Å²) in [7, 11) is 0. The maximum absolute atomic E-state index is 11.9. The quantitative estimate of drug-likeness (QED) is 0.813. The van der Waals surface area contributed by atoms with Crippen molar-refractivity contribution in [2.75, 3.05) is 0 Å². The number of carbonyl (C=O) groups is 1. The lowest BCUT2D eigenvalue weighted by molar-refractivity contribution is -0.122. The number of amides is 1. The zero-order valence-corrected chi connectivity index (χ0v) is 11.5. The molecule has 0 aromatic heterocycles. The third kappa shape index (κ3) is 4.49. The highest BCUT2D eigenvalue weighted by molar-refractivity contribution is 5.77. The highest BCUT2D eigenvalue weighted by Crippen LogP contribution is 2.21. The van der Waals surface area contributed by atoms with Crippen molar-refractivity contribution in [2.24, 2.45) is 11.7 Å². The molecule has 0 aliphatic rings. The van der Waals surface area contributed by atoms with Crippen molar-refractivity contribution in [1.82, 2.24) is 5.32 Å². The first-order chi connectivity index (χ1) is 8.54. The molecule has 0 aliphatic carbocycles. The van der Waals surface area contributed by atoms with Crippen molar-refractivity contribution in [3.63, 3.8) is 0 Å². The monoisotopic (exact) mass is 248 g/mol. The van der Waals surface area contributed by atoms with Crippen LogP contribution >= 0.6 is 0 Å². The molecule has 0 heterocycles. The van der Waals surface area contributed by atoms with Gasteiger partial charge in [0, 0.05) is 12.5 Å². The maximum Gasteiger partial charge on any atom is 0.222 e. The summed E-state index contributed by atoms with van der Waals surface area (Å²) in [6.45, 7) is 6.21. The molecule has 1 aromatic rings. The smallest absolute Gasteiger partial charge is 0.222 e. The second-order valence-corrected chi connectivity index (χ2v) is 5.07. The van der Waals surface area contributed by atoms with Crippen LogP contribution in [0.4, 0.5) is 0 Å². The molecule has 0 fully saturated rings. The molecule has 0 saturated heterocycles. The molecule has 0 radical (unpaired) electrons. The van der Waals surface area contributed by atoms with Gasteiger partial charge in [0.1, 0.15) is 0 Å². The topological polar surface area (TPSA) is 55.1 Å². The molecule has 0 aliphatic heterocycles. The number of rotatable bonds is 6. The second-order valence-electron chi connectivity index (χ2n) is 5.07. The Morgan fingerprint density at radius 2 is 1.89 bits per heavy atom. The third-order valence-corrected chi connectivity index (χ3v) is 3.11. The summed E-state index contributed by atoms with van der Waals surface area (Å²) >= 11 is 0. The number of nitrogens with one attached hydrogen (secondary N) is 1. The molecule has 1 rings (SSSR count). The normalized spacial score (nSPS) is 14.3. The third-order valence-electron chi connectivity index (χ3n) is 3.11. The van der Waals surface area contributed by atoms with Crippen molar-refractivity contribution in [1.29, 1.82) is 0 Å². The van der Waals surface area contributed by atoms with Crippen LogP contribution in [0.2, 0.25) is 0 Å². The zero-order chi connectivity index (χ0) is 13.5. The zero-order valence-electron chi connectivity index (χ0n) is 11.5. The predicted octanol–water partition coefficient (Wildman–Crippen LogP) is 2.63. The van der Waals surface area contributed by atoms with Crippen molar-refractivity contribution in [3.8, 4) is 0 Å². The number of nitrogens with two attached hydrogens (primary N) is 1. The molecule has 100 valence electrons. The van der Waals surface area contributed by atoms with Crippen LogP contribution < -0.4 is 11.1 Å². The van der Waals surface area contributed by atoms with E-state index in [1.165, 1.54) is 0 Å². The first-order valence-corrected chi connectivity index (χ1v) is 6.64. The van der Waals surface area contributed by atoms with Crippen LogP contribution in [0, 0.1) is 5.92 Å². The molecule has 3 N–H and O–H groups in total. The first-order valence-electron chi connectivity index (χ1n) is 6.64. The Hall–Kier alpha value is -1.35. The molecule has 1 aromatic carbocycles. The molecule has 3 heteroatoms. The molecular formula is C15H24N2O. The van der Waals surface area contributed by atoms with Crippen LogP contribution in [-0.2, 0) is 4.79 Å². The minimum absolute atomic E-state index is 0.0342. The second kappa shape index (κ2) is 7.17. The van der Waals surface area contributed by atoms with E-state index in [2.05, 4.69) is 19.2 Å². The highest BCUT2D eigenvalue weighted by Gasteiger charge is 2.18. The lowest BCUT2D eigenvalue weighted by Gasteiger charge is -2.23. The summed E-state index contributed by atoms with van der Waals surface area (Å²) in [5.41, 5.74) is 6.95. The van der Waals surface area contributed by atoms with Crippen LogP contribution in [0.25, 0.3) is 0 Å². The van der Waals surface area contributed by atoms with Crippen molar-refractivity contribution < 1.29 is 4.79 Å². The van der Waals surface area contributed by atoms with Gasteiger partial charge in [-0.3, -0.25) is 4.79 Å². The summed E-state index contributed by atoms with van der Waals surface area (Å²) in [6, 6.07) is 10.1. The van der Waals surface area contributed by atoms with Gasteiger partial charge in [-0.15, -0.1) is 0 Å². The van der Waals surface area contributed by atoms with Gasteiger partial charge in [-0.1, -0.05) is 51.1 Å². The lowest BCUT2D eigenvalue weighted by atomic mass is 9.95. The Morgan fingerprint density at radius 1 is 1.28 bits per heavy atom. The Kier molecular flexibility index (Phi) is 5.86. The van der Waals surface area contributed by atoms with Crippen LogP contribution in [0.5, 0.6) is 0 Å². The fraction of sp³-hybridized carbons (Fsp3) is 0.533. The van der Waals surface area contributed by atoms with Gasteiger partial charge in [0.05, 0.1) is 6.04 Å². The number of benzene rings is 1. The van der Waals surface area contributed by atoms with E-state index in [0.29, 0.717) is 12.3 Å². The molecule has 3 nitrogen and oxygen atoms in total. The van der Waals surface area contributed by atoms with E-state index in [9.17, 15) is 4.79 Å². The lowest BCUT2D eigenvalue weighted by Crippen LogP contribution is -2.35. The maximum atomic E-state index is 11.9. The standard InChI is InChI=1S/C15H24N2O/c1-4-13(16)10-14(18)17-15(11(2)3)12-8-6-5-7-9-12/h5-9,11,13,15H,4,10,16H2,1-3H3,(H,17,18). The largest absolute Gasteiger partial charge is 0.349 e. The molecular weight excluding hydrogens is 224 g/mol. The molecule has 0 spiro atoms. The van der Waals surface area contributed by atoms with Gasteiger partial charge >= 0.3 is 0 Å². The Morgan fingerprint density at radius 3 is 2.39 bits per heavy atom. The van der Waals surface area contributed by atoms with Crippen LogP contribution in [-0.4, -0.2) is 11.9 Å². The number of carbonyl (C=O) groups excluding carboxylic acids is 1. The van der Waals surface area contributed by atoms with Gasteiger partial charge in [-0.05, 0) is 17.9 Å². The first kappa shape index (κ1) is 14.7. The SMILES string of the molecule is CCC(N)CC(=O)NC(c1ccccc1)C(C)C. The van der Waals surface area contributed by atoms with Gasteiger partial charge in [-0.25, -0.2) is 0 Å². The molecule has 1 amide bonds. The van der Waals surface area contributed by atoms with Gasteiger partial charge in [0.25, 0.3) is 0 Å². The Bertz CT molecular complexity index is 362. The summed E-state index contributed by atoms with van der Waals surface area (Å²) in [4.78, 5) is 11.9. The molecule has 0 saturated carbocycles. The van der Waals surface area contributed by atoms with Gasteiger partial charge in [0.2, 0.25) is 5.91 Å². The fourth-order valence-electron chi connectivity index (χ4n) is 1.91. The van der Waals surface area contributed by atoms with E-state index in [0.717, 1.165) is 12.0 Å². The molecule has 18 heavy (non-hydrogen) atoms. The summed E-state index contributed by atoms with van der Waals surface area (Å²) in [5, 5.41) is 3.08. The van der Waals surface area contributed by atoms with Crippen LogP contribution in [0.3, 0.4) is 0 Å². The highest BCUT2D eigenvalue weighted by atomic mass is 16.1. The minimum atomic E-state index is -0.0476. The predicted molar refractivity (Wildman–Crippen MR) is 75.0 cm³/mol. The molecule has 0 bridgehead atoms. The van der Waals surface area contributed by atoms with Crippen molar-refractivity contribution in [3.05, 3.63) is 35.9 Å². The van der Waals surface area contributed by atoms with Crippen molar-refractivity contribution >= 4 is 5.91 Å². The number of hydrogen-bond acceptors (Lipinski definition) is 2. The van der Waals surface area contributed by atoms with E-state index in [4.69, 9.17) is 5.73 Å². The summed E-state index contributed by atoms with van der Waals surface area (Å²) < 4.78 is 0. The molecule has 2 atom stereocenters. The molecule has 2 unspecified atom stereocenters. The van der Waals surface area contributed by atoms with E-state index in [1.54, 1.807) is 0 Å². The van der Waals surface area contributed by atoms with Gasteiger partial charge in [-0.2, -0.15) is 0 Å². The van der Waals surface area contributed by atoms with Gasteiger partial charge in [0.15, 0.2) is 0 Å². The average molecular weight is 248 g/mol. The van der Waals surface area contributed by atoms with Gasteiger partial charge < -0.3 is 11.1 Å². The Labute approximate surface area is 110 Å². The van der Waals surface area contributed by atoms with E-state index < -0.39 is 0 Å².